The van der Waals surface area contributed by atoms with Crippen LogP contribution in [0.15, 0.2) is 35.3 Å². The number of hydrogen-bond donors (Lipinski definition) is 2. The van der Waals surface area contributed by atoms with Gasteiger partial charge in [-0.25, -0.2) is 9.37 Å². The van der Waals surface area contributed by atoms with Gasteiger partial charge in [-0.05, 0) is 17.7 Å². The second kappa shape index (κ2) is 4.24. The van der Waals surface area contributed by atoms with E-state index >= 15 is 0 Å². The molecule has 0 saturated carbocycles. The van der Waals surface area contributed by atoms with Gasteiger partial charge in [0.1, 0.15) is 11.6 Å². The Kier molecular flexibility index (Phi) is 2.78. The Morgan fingerprint density at radius 3 is 2.56 bits per heavy atom. The number of rotatable bonds is 2. The first-order valence-corrected chi connectivity index (χ1v) is 4.75. The normalized spacial score (nSPS) is 10.4. The van der Waals surface area contributed by atoms with Crippen molar-refractivity contribution in [2.24, 2.45) is 5.73 Å². The lowest BCUT2D eigenvalue weighted by Gasteiger charge is -2.01. The van der Waals surface area contributed by atoms with Crippen LogP contribution in [0.25, 0.3) is 11.1 Å². The molecular formula is C11H10FN3O. The highest BCUT2D eigenvalue weighted by Gasteiger charge is 2.04. The number of aromatic amines is 1. The van der Waals surface area contributed by atoms with Crippen molar-refractivity contribution >= 4 is 0 Å². The van der Waals surface area contributed by atoms with Crippen LogP contribution in [0.3, 0.4) is 0 Å². The fourth-order valence-corrected chi connectivity index (χ4v) is 1.37. The molecule has 4 nitrogen and oxygen atoms in total. The number of halogens is 1. The molecule has 0 amide bonds. The number of aromatic nitrogens is 2. The number of nitrogens with one attached hydrogen (secondary N) is 1. The lowest BCUT2D eigenvalue weighted by Crippen LogP contribution is -2.15. The van der Waals surface area contributed by atoms with Gasteiger partial charge in [0.15, 0.2) is 0 Å². The number of nitrogens with zero attached hydrogens (tertiary/aromatic N) is 1. The van der Waals surface area contributed by atoms with Crippen molar-refractivity contribution in [3.05, 3.63) is 52.5 Å². The van der Waals surface area contributed by atoms with Gasteiger partial charge in [0.2, 0.25) is 0 Å². The summed E-state index contributed by atoms with van der Waals surface area (Å²) in [7, 11) is 0. The maximum atomic E-state index is 12.7. The summed E-state index contributed by atoms with van der Waals surface area (Å²) in [5, 5.41) is 0. The average Bonchev–Trinajstić information content (AvgIpc) is 2.30. The van der Waals surface area contributed by atoms with Crippen molar-refractivity contribution in [1.82, 2.24) is 9.97 Å². The van der Waals surface area contributed by atoms with E-state index in [9.17, 15) is 9.18 Å². The van der Waals surface area contributed by atoms with E-state index in [0.29, 0.717) is 17.0 Å². The van der Waals surface area contributed by atoms with Gasteiger partial charge in [0.05, 0.1) is 12.1 Å². The van der Waals surface area contributed by atoms with Crippen molar-refractivity contribution in [3.63, 3.8) is 0 Å². The van der Waals surface area contributed by atoms with Crippen molar-refractivity contribution in [3.8, 4) is 11.1 Å². The van der Waals surface area contributed by atoms with E-state index in [0.717, 1.165) is 0 Å². The highest BCUT2D eigenvalue weighted by molar-refractivity contribution is 5.61. The molecule has 2 rings (SSSR count). The first-order chi connectivity index (χ1) is 7.70. The van der Waals surface area contributed by atoms with Crippen LogP contribution in [0.4, 0.5) is 4.39 Å². The van der Waals surface area contributed by atoms with E-state index in [1.807, 2.05) is 0 Å². The van der Waals surface area contributed by atoms with Gasteiger partial charge in [-0.3, -0.25) is 4.79 Å². The summed E-state index contributed by atoms with van der Waals surface area (Å²) < 4.78 is 12.7. The molecular weight excluding hydrogens is 209 g/mol. The minimum absolute atomic E-state index is 0.180. The second-order valence-corrected chi connectivity index (χ2v) is 3.28. The Bertz CT molecular complexity index is 548. The number of H-pyrrole nitrogens is 1. The van der Waals surface area contributed by atoms with Crippen molar-refractivity contribution in [2.75, 3.05) is 0 Å². The molecule has 0 saturated heterocycles. The predicted octanol–water partition coefficient (Wildman–Crippen LogP) is 1.03. The van der Waals surface area contributed by atoms with Crippen molar-refractivity contribution < 1.29 is 4.39 Å². The van der Waals surface area contributed by atoms with E-state index in [1.165, 1.54) is 30.5 Å². The van der Waals surface area contributed by atoms with Gasteiger partial charge in [-0.2, -0.15) is 0 Å². The zero-order chi connectivity index (χ0) is 11.5. The van der Waals surface area contributed by atoms with Gasteiger partial charge in [0, 0.05) is 6.20 Å². The van der Waals surface area contributed by atoms with Crippen LogP contribution in [0.5, 0.6) is 0 Å². The summed E-state index contributed by atoms with van der Waals surface area (Å²) in [5.41, 5.74) is 6.09. The Labute approximate surface area is 91.0 Å². The summed E-state index contributed by atoms with van der Waals surface area (Å²) >= 11 is 0. The Morgan fingerprint density at radius 1 is 1.31 bits per heavy atom. The molecule has 0 unspecified atom stereocenters. The second-order valence-electron chi connectivity index (χ2n) is 3.28. The zero-order valence-electron chi connectivity index (χ0n) is 8.40. The molecule has 82 valence electrons. The maximum absolute atomic E-state index is 12.7. The quantitative estimate of drug-likeness (QED) is 0.792. The topological polar surface area (TPSA) is 71.8 Å². The van der Waals surface area contributed by atoms with Crippen LogP contribution in [0.2, 0.25) is 0 Å². The Balaban J connectivity index is 2.48. The average molecular weight is 219 g/mol. The predicted molar refractivity (Wildman–Crippen MR) is 58.1 cm³/mol. The first kappa shape index (κ1) is 10.5. The van der Waals surface area contributed by atoms with Crippen LogP contribution in [0, 0.1) is 5.82 Å². The van der Waals surface area contributed by atoms with Gasteiger partial charge in [-0.15, -0.1) is 0 Å². The molecule has 5 heteroatoms. The van der Waals surface area contributed by atoms with Crippen LogP contribution in [-0.4, -0.2) is 9.97 Å². The summed E-state index contributed by atoms with van der Waals surface area (Å²) in [4.78, 5) is 18.2. The molecule has 16 heavy (non-hydrogen) atoms. The number of hydrogen-bond acceptors (Lipinski definition) is 3. The third-order valence-corrected chi connectivity index (χ3v) is 2.20. The fourth-order valence-electron chi connectivity index (χ4n) is 1.37. The molecule has 0 atom stereocenters. The van der Waals surface area contributed by atoms with Gasteiger partial charge >= 0.3 is 0 Å². The molecule has 1 aromatic heterocycles. The van der Waals surface area contributed by atoms with Crippen LogP contribution < -0.4 is 11.3 Å². The van der Waals surface area contributed by atoms with E-state index in [1.54, 1.807) is 0 Å². The number of benzene rings is 1. The molecule has 2 aromatic rings. The molecule has 0 radical (unpaired) electrons. The molecule has 0 aliphatic carbocycles. The van der Waals surface area contributed by atoms with Crippen molar-refractivity contribution in [2.45, 2.75) is 6.54 Å². The third kappa shape index (κ3) is 1.99. The molecule has 1 aromatic carbocycles. The minimum atomic E-state index is -0.341. The lowest BCUT2D eigenvalue weighted by atomic mass is 10.1. The summed E-state index contributed by atoms with van der Waals surface area (Å²) in [6, 6.07) is 5.66. The smallest absolute Gasteiger partial charge is 0.258 e. The fraction of sp³-hybridized carbons (Fsp3) is 0.0909. The van der Waals surface area contributed by atoms with E-state index in [4.69, 9.17) is 5.73 Å². The Morgan fingerprint density at radius 2 is 2.00 bits per heavy atom. The first-order valence-electron chi connectivity index (χ1n) is 4.75. The van der Waals surface area contributed by atoms with Crippen molar-refractivity contribution in [1.29, 1.82) is 0 Å². The Hall–Kier alpha value is -2.01. The molecule has 0 spiro atoms. The van der Waals surface area contributed by atoms with E-state index in [-0.39, 0.29) is 17.9 Å². The third-order valence-electron chi connectivity index (χ3n) is 2.20. The van der Waals surface area contributed by atoms with E-state index in [2.05, 4.69) is 9.97 Å². The molecule has 3 N–H and O–H groups in total. The van der Waals surface area contributed by atoms with Gasteiger partial charge < -0.3 is 10.7 Å². The SMILES string of the molecule is NCc1ncc(-c2ccc(F)cc2)c(=O)[nH]1. The summed E-state index contributed by atoms with van der Waals surface area (Å²) in [6.07, 6.45) is 1.44. The molecule has 0 aliphatic heterocycles. The molecule has 1 heterocycles. The monoisotopic (exact) mass is 219 g/mol. The van der Waals surface area contributed by atoms with E-state index < -0.39 is 0 Å². The van der Waals surface area contributed by atoms with Crippen LogP contribution >= 0.6 is 0 Å². The highest BCUT2D eigenvalue weighted by Crippen LogP contribution is 2.14. The largest absolute Gasteiger partial charge is 0.324 e. The van der Waals surface area contributed by atoms with Crippen LogP contribution in [-0.2, 0) is 6.54 Å². The summed E-state index contributed by atoms with van der Waals surface area (Å²) in [5.74, 6) is 0.0857. The molecule has 0 fully saturated rings. The summed E-state index contributed by atoms with van der Waals surface area (Å²) in [6.45, 7) is 0.180. The molecule has 0 bridgehead atoms. The maximum Gasteiger partial charge on any atom is 0.258 e. The lowest BCUT2D eigenvalue weighted by molar-refractivity contribution is 0.628. The van der Waals surface area contributed by atoms with Crippen LogP contribution in [0.1, 0.15) is 5.82 Å². The molecule has 0 aliphatic rings. The van der Waals surface area contributed by atoms with Gasteiger partial charge in [-0.1, -0.05) is 12.1 Å². The minimum Gasteiger partial charge on any atom is -0.324 e. The highest BCUT2D eigenvalue weighted by atomic mass is 19.1. The standard InChI is InChI=1S/C11H10FN3O/c12-8-3-1-7(2-4-8)9-6-14-10(5-13)15-11(9)16/h1-4,6H,5,13H2,(H,14,15,16). The number of nitrogens with two attached hydrogens (primary N) is 1. The van der Waals surface area contributed by atoms with Gasteiger partial charge in [0.25, 0.3) is 5.56 Å². The zero-order valence-corrected chi connectivity index (χ0v) is 8.40.